The number of hydrogen-bond donors (Lipinski definition) is 0. The highest BCUT2D eigenvalue weighted by molar-refractivity contribution is 7.93. The van der Waals surface area contributed by atoms with Gasteiger partial charge in [0.2, 0.25) is 20.1 Å². The van der Waals surface area contributed by atoms with Crippen LogP contribution in [0.2, 0.25) is 0 Å². The number of sulfone groups is 1. The van der Waals surface area contributed by atoms with Crippen molar-refractivity contribution in [1.82, 2.24) is 9.88 Å². The number of carbonyl (C=O) groups excluding carboxylic acids is 1. The molecule has 106 valence electrons. The lowest BCUT2D eigenvalue weighted by molar-refractivity contribution is -0.129. The molecule has 1 fully saturated rings. The summed E-state index contributed by atoms with van der Waals surface area (Å²) < 4.78 is 24.2. The Bertz CT molecular complexity index is 557. The lowest BCUT2D eigenvalue weighted by Gasteiger charge is -2.30. The molecule has 0 aliphatic carbocycles. The molecule has 1 amide bonds. The van der Waals surface area contributed by atoms with Gasteiger partial charge in [0.05, 0.1) is 0 Å². The van der Waals surface area contributed by atoms with E-state index in [-0.39, 0.29) is 10.2 Å². The molecule has 1 aromatic heterocycles. The van der Waals surface area contributed by atoms with E-state index in [1.165, 1.54) is 0 Å². The average molecular weight is 302 g/mol. The van der Waals surface area contributed by atoms with Crippen LogP contribution in [0.15, 0.2) is 9.72 Å². The number of nitrogens with zero attached hydrogens (tertiary/aromatic N) is 2. The van der Waals surface area contributed by atoms with Crippen LogP contribution in [0.25, 0.3) is 0 Å². The third-order valence-electron chi connectivity index (χ3n) is 3.31. The van der Waals surface area contributed by atoms with Gasteiger partial charge in [0.25, 0.3) is 0 Å². The molecule has 0 saturated carbocycles. The van der Waals surface area contributed by atoms with Gasteiger partial charge in [-0.1, -0.05) is 6.92 Å². The van der Waals surface area contributed by atoms with Crippen molar-refractivity contribution in [2.75, 3.05) is 18.8 Å². The summed E-state index contributed by atoms with van der Waals surface area (Å²) in [4.78, 5) is 17.6. The van der Waals surface area contributed by atoms with Gasteiger partial charge in [-0.15, -0.1) is 11.3 Å². The third-order valence-corrected chi connectivity index (χ3v) is 6.37. The summed E-state index contributed by atoms with van der Waals surface area (Å²) in [5.41, 5.74) is 0.669. The third kappa shape index (κ3) is 3.54. The number of likely N-dealkylation sites (tertiary alicyclic amines) is 1. The van der Waals surface area contributed by atoms with Crippen molar-refractivity contribution >= 4 is 27.1 Å². The minimum atomic E-state index is -3.59. The van der Waals surface area contributed by atoms with Crippen LogP contribution < -0.4 is 0 Å². The highest BCUT2D eigenvalue weighted by atomic mass is 32.2. The van der Waals surface area contributed by atoms with Crippen LogP contribution in [0, 0.1) is 12.8 Å². The minimum absolute atomic E-state index is 0.0451. The average Bonchev–Trinajstić information content (AvgIpc) is 2.77. The van der Waals surface area contributed by atoms with Crippen molar-refractivity contribution in [2.45, 2.75) is 31.0 Å². The Morgan fingerprint density at radius 2 is 2.11 bits per heavy atom. The van der Waals surface area contributed by atoms with E-state index in [4.69, 9.17) is 0 Å². The van der Waals surface area contributed by atoms with Gasteiger partial charge >= 0.3 is 0 Å². The first-order valence-electron chi connectivity index (χ1n) is 6.31. The first-order valence-corrected chi connectivity index (χ1v) is 8.84. The lowest BCUT2D eigenvalue weighted by Crippen LogP contribution is -2.41. The first-order chi connectivity index (χ1) is 8.88. The zero-order chi connectivity index (χ0) is 14.0. The second-order valence-corrected chi connectivity index (χ2v) is 8.10. The molecule has 1 aromatic rings. The number of hydrogen-bond acceptors (Lipinski definition) is 5. The number of amides is 1. The smallest absolute Gasteiger partial charge is 0.238 e. The Labute approximate surface area is 117 Å². The molecule has 0 atom stereocenters. The van der Waals surface area contributed by atoms with Gasteiger partial charge < -0.3 is 4.90 Å². The van der Waals surface area contributed by atoms with E-state index in [1.807, 2.05) is 0 Å². The van der Waals surface area contributed by atoms with Crippen molar-refractivity contribution in [3.05, 3.63) is 11.1 Å². The molecule has 19 heavy (non-hydrogen) atoms. The topological polar surface area (TPSA) is 67.3 Å². The Hall–Kier alpha value is -0.950. The van der Waals surface area contributed by atoms with Crippen LogP contribution in [-0.4, -0.2) is 43.1 Å². The molecular formula is C12H18N2O3S2. The number of rotatable bonds is 3. The zero-order valence-electron chi connectivity index (χ0n) is 11.1. The van der Waals surface area contributed by atoms with E-state index in [2.05, 4.69) is 11.9 Å². The lowest BCUT2D eigenvalue weighted by atomic mass is 9.99. The molecule has 0 bridgehead atoms. The standard InChI is InChI=1S/C12H18N2O3S2/c1-9-3-5-14(6-4-9)11(15)8-19(16,17)12-13-10(2)7-18-12/h7,9H,3-6,8H2,1-2H3. The molecule has 1 aliphatic rings. The van der Waals surface area contributed by atoms with Gasteiger partial charge in [-0.25, -0.2) is 13.4 Å². The predicted molar refractivity (Wildman–Crippen MR) is 73.9 cm³/mol. The normalized spacial score (nSPS) is 17.7. The molecule has 1 saturated heterocycles. The van der Waals surface area contributed by atoms with E-state index in [0.717, 1.165) is 24.2 Å². The van der Waals surface area contributed by atoms with Crippen molar-refractivity contribution in [3.8, 4) is 0 Å². The van der Waals surface area contributed by atoms with Gasteiger partial charge in [0.15, 0.2) is 0 Å². The van der Waals surface area contributed by atoms with Crippen LogP contribution in [0.1, 0.15) is 25.5 Å². The molecular weight excluding hydrogens is 284 g/mol. The molecule has 7 heteroatoms. The van der Waals surface area contributed by atoms with Crippen molar-refractivity contribution in [2.24, 2.45) is 5.92 Å². The van der Waals surface area contributed by atoms with Gasteiger partial charge in [-0.2, -0.15) is 0 Å². The highest BCUT2D eigenvalue weighted by Gasteiger charge is 2.27. The fourth-order valence-corrected chi connectivity index (χ4v) is 4.39. The van der Waals surface area contributed by atoms with E-state index >= 15 is 0 Å². The molecule has 0 aromatic carbocycles. The summed E-state index contributed by atoms with van der Waals surface area (Å²) in [5, 5.41) is 1.68. The van der Waals surface area contributed by atoms with Gasteiger partial charge in [0, 0.05) is 24.2 Å². The summed E-state index contributed by atoms with van der Waals surface area (Å²) in [6, 6.07) is 0. The van der Waals surface area contributed by atoms with Gasteiger partial charge in [-0.3, -0.25) is 4.79 Å². The fraction of sp³-hybridized carbons (Fsp3) is 0.667. The van der Waals surface area contributed by atoms with Crippen molar-refractivity contribution < 1.29 is 13.2 Å². The van der Waals surface area contributed by atoms with Crippen LogP contribution in [-0.2, 0) is 14.6 Å². The second-order valence-electron chi connectivity index (χ2n) is 5.08. The number of thiazole rings is 1. The summed E-state index contributed by atoms with van der Waals surface area (Å²) in [5.74, 6) is -0.157. The fourth-order valence-electron chi connectivity index (χ4n) is 2.05. The van der Waals surface area contributed by atoms with Crippen molar-refractivity contribution in [1.29, 1.82) is 0 Å². The summed E-state index contributed by atoms with van der Waals surface area (Å²) in [6.07, 6.45) is 1.89. The largest absolute Gasteiger partial charge is 0.342 e. The monoisotopic (exact) mass is 302 g/mol. The van der Waals surface area contributed by atoms with Gasteiger partial charge in [-0.05, 0) is 25.7 Å². The summed E-state index contributed by atoms with van der Waals surface area (Å²) in [7, 11) is -3.59. The second kappa shape index (κ2) is 5.58. The number of aromatic nitrogens is 1. The van der Waals surface area contributed by atoms with Gasteiger partial charge in [0.1, 0.15) is 5.75 Å². The number of aryl methyl sites for hydroxylation is 1. The highest BCUT2D eigenvalue weighted by Crippen LogP contribution is 2.19. The molecule has 1 aliphatic heterocycles. The Balaban J connectivity index is 2.02. The van der Waals surface area contributed by atoms with E-state index in [0.29, 0.717) is 24.7 Å². The summed E-state index contributed by atoms with van der Waals surface area (Å²) in [6.45, 7) is 5.21. The van der Waals surface area contributed by atoms with Crippen LogP contribution in [0.3, 0.4) is 0 Å². The maximum Gasteiger partial charge on any atom is 0.238 e. The molecule has 0 spiro atoms. The molecule has 0 unspecified atom stereocenters. The molecule has 5 nitrogen and oxygen atoms in total. The summed E-state index contributed by atoms with van der Waals surface area (Å²) >= 11 is 1.08. The molecule has 2 heterocycles. The van der Waals surface area contributed by atoms with E-state index < -0.39 is 15.6 Å². The molecule has 0 radical (unpaired) electrons. The Morgan fingerprint density at radius 3 is 2.63 bits per heavy atom. The number of piperidine rings is 1. The maximum atomic E-state index is 12.1. The van der Waals surface area contributed by atoms with Crippen LogP contribution in [0.4, 0.5) is 0 Å². The van der Waals surface area contributed by atoms with E-state index in [1.54, 1.807) is 17.2 Å². The zero-order valence-corrected chi connectivity index (χ0v) is 12.8. The number of carbonyl (C=O) groups is 1. The van der Waals surface area contributed by atoms with Crippen LogP contribution >= 0.6 is 11.3 Å². The predicted octanol–water partition coefficient (Wildman–Crippen LogP) is 1.48. The molecule has 0 N–H and O–H groups in total. The van der Waals surface area contributed by atoms with Crippen molar-refractivity contribution in [3.63, 3.8) is 0 Å². The molecule has 2 rings (SSSR count). The SMILES string of the molecule is Cc1csc(S(=O)(=O)CC(=O)N2CCC(C)CC2)n1. The minimum Gasteiger partial charge on any atom is -0.342 e. The van der Waals surface area contributed by atoms with Crippen LogP contribution in [0.5, 0.6) is 0 Å². The Kier molecular flexibility index (Phi) is 4.25. The van der Waals surface area contributed by atoms with E-state index in [9.17, 15) is 13.2 Å². The first kappa shape index (κ1) is 14.5. The quantitative estimate of drug-likeness (QED) is 0.848. The Morgan fingerprint density at radius 1 is 1.47 bits per heavy atom. The maximum absolute atomic E-state index is 12.1.